The van der Waals surface area contributed by atoms with Gasteiger partial charge in [-0.15, -0.1) is 0 Å². The van der Waals surface area contributed by atoms with Gasteiger partial charge in [-0.3, -0.25) is 4.90 Å². The number of hydrogen-bond acceptors (Lipinski definition) is 3. The van der Waals surface area contributed by atoms with Gasteiger partial charge in [-0.25, -0.2) is 4.98 Å². The summed E-state index contributed by atoms with van der Waals surface area (Å²) in [7, 11) is 0. The van der Waals surface area contributed by atoms with Gasteiger partial charge in [-0.05, 0) is 44.0 Å². The van der Waals surface area contributed by atoms with Crippen LogP contribution in [0.15, 0.2) is 18.3 Å². The Bertz CT molecular complexity index is 347. The van der Waals surface area contributed by atoms with Gasteiger partial charge < -0.3 is 4.79 Å². The zero-order valence-corrected chi connectivity index (χ0v) is 9.86. The molecular formula is C12H15ClN2O. The molecule has 2 rings (SSSR count). The second-order valence-electron chi connectivity index (χ2n) is 4.14. The topological polar surface area (TPSA) is 33.2 Å². The smallest absolute Gasteiger partial charge is 0.137 e. The first-order valence-electron chi connectivity index (χ1n) is 5.59. The summed E-state index contributed by atoms with van der Waals surface area (Å²) in [5, 5.41) is 0.493. The summed E-state index contributed by atoms with van der Waals surface area (Å²) in [5.74, 6) is 0. The molecule has 1 atom stereocenters. The van der Waals surface area contributed by atoms with Crippen LogP contribution >= 0.6 is 11.6 Å². The molecule has 1 aromatic rings. The van der Waals surface area contributed by atoms with Crippen molar-refractivity contribution < 1.29 is 4.79 Å². The van der Waals surface area contributed by atoms with E-state index in [1.807, 2.05) is 6.07 Å². The van der Waals surface area contributed by atoms with Crippen LogP contribution in [0.4, 0.5) is 0 Å². The fourth-order valence-corrected chi connectivity index (χ4v) is 2.22. The molecule has 1 aromatic heterocycles. The van der Waals surface area contributed by atoms with Gasteiger partial charge in [0, 0.05) is 6.20 Å². The predicted octanol–water partition coefficient (Wildman–Crippen LogP) is 1.94. The molecule has 1 aliphatic heterocycles. The molecule has 16 heavy (non-hydrogen) atoms. The molecule has 3 nitrogen and oxygen atoms in total. The lowest BCUT2D eigenvalue weighted by atomic mass is 10.1. The van der Waals surface area contributed by atoms with Gasteiger partial charge in [0.2, 0.25) is 0 Å². The van der Waals surface area contributed by atoms with Crippen LogP contribution < -0.4 is 0 Å². The lowest BCUT2D eigenvalue weighted by Gasteiger charge is -2.22. The van der Waals surface area contributed by atoms with Gasteiger partial charge in [0.15, 0.2) is 0 Å². The molecule has 1 saturated heterocycles. The van der Waals surface area contributed by atoms with Crippen molar-refractivity contribution in [3.8, 4) is 0 Å². The molecule has 2 heterocycles. The van der Waals surface area contributed by atoms with Crippen LogP contribution in [0.25, 0.3) is 0 Å². The summed E-state index contributed by atoms with van der Waals surface area (Å²) < 4.78 is 0. The molecule has 1 fully saturated rings. The fourth-order valence-electron chi connectivity index (χ4n) is 2.11. The van der Waals surface area contributed by atoms with E-state index in [2.05, 4.69) is 9.88 Å². The molecule has 0 spiro atoms. The van der Waals surface area contributed by atoms with Crippen LogP contribution in [0.3, 0.4) is 0 Å². The van der Waals surface area contributed by atoms with Crippen molar-refractivity contribution in [3.05, 3.63) is 29.0 Å². The molecule has 0 bridgehead atoms. The van der Waals surface area contributed by atoms with Crippen LogP contribution in [0.2, 0.25) is 5.15 Å². The molecule has 0 aliphatic carbocycles. The van der Waals surface area contributed by atoms with Gasteiger partial charge in [0.25, 0.3) is 0 Å². The first-order valence-corrected chi connectivity index (χ1v) is 5.97. The molecule has 4 heteroatoms. The second kappa shape index (κ2) is 5.41. The number of hydrogen-bond donors (Lipinski definition) is 0. The highest BCUT2D eigenvalue weighted by Crippen LogP contribution is 2.15. The minimum atomic E-state index is -0.00882. The van der Waals surface area contributed by atoms with E-state index in [0.717, 1.165) is 31.4 Å². The van der Waals surface area contributed by atoms with Crippen molar-refractivity contribution in [3.63, 3.8) is 0 Å². The maximum atomic E-state index is 11.1. The molecule has 0 aromatic carbocycles. The van der Waals surface area contributed by atoms with E-state index < -0.39 is 0 Å². The van der Waals surface area contributed by atoms with Gasteiger partial charge in [0.1, 0.15) is 11.4 Å². The summed E-state index contributed by atoms with van der Waals surface area (Å²) in [4.78, 5) is 17.3. The zero-order valence-electron chi connectivity index (χ0n) is 9.10. The van der Waals surface area contributed by atoms with Crippen molar-refractivity contribution in [2.75, 3.05) is 13.1 Å². The van der Waals surface area contributed by atoms with Crippen molar-refractivity contribution in [1.29, 1.82) is 0 Å². The third-order valence-electron chi connectivity index (χ3n) is 3.00. The summed E-state index contributed by atoms with van der Waals surface area (Å²) in [6, 6.07) is 3.69. The van der Waals surface area contributed by atoms with Crippen molar-refractivity contribution in [2.24, 2.45) is 0 Å². The van der Waals surface area contributed by atoms with Crippen molar-refractivity contribution >= 4 is 17.9 Å². The van der Waals surface area contributed by atoms with E-state index in [1.165, 1.54) is 12.8 Å². The number of likely N-dealkylation sites (tertiary alicyclic amines) is 1. The van der Waals surface area contributed by atoms with Gasteiger partial charge in [0.05, 0.1) is 6.04 Å². The van der Waals surface area contributed by atoms with Crippen LogP contribution in [0.5, 0.6) is 0 Å². The Hall–Kier alpha value is -0.930. The van der Waals surface area contributed by atoms with Crippen molar-refractivity contribution in [2.45, 2.75) is 25.3 Å². The minimum Gasteiger partial charge on any atom is -0.302 e. The number of carbonyl (C=O) groups is 1. The first-order chi connectivity index (χ1) is 7.79. The van der Waals surface area contributed by atoms with E-state index in [-0.39, 0.29) is 6.04 Å². The Labute approximate surface area is 100 Å². The largest absolute Gasteiger partial charge is 0.302 e. The molecule has 0 N–H and O–H groups in total. The van der Waals surface area contributed by atoms with E-state index in [9.17, 15) is 4.79 Å². The van der Waals surface area contributed by atoms with E-state index in [1.54, 1.807) is 12.3 Å². The Morgan fingerprint density at radius 1 is 1.44 bits per heavy atom. The average molecular weight is 239 g/mol. The second-order valence-corrected chi connectivity index (χ2v) is 4.53. The Morgan fingerprint density at radius 3 is 2.75 bits per heavy atom. The normalized spacial score (nSPS) is 18.6. The minimum absolute atomic E-state index is 0.00882. The SMILES string of the molecule is O=CC(Cc1ccc(Cl)nc1)N1CCCC1. The average Bonchev–Trinajstić information content (AvgIpc) is 2.82. The van der Waals surface area contributed by atoms with E-state index in [4.69, 9.17) is 11.6 Å². The molecule has 0 saturated carbocycles. The lowest BCUT2D eigenvalue weighted by molar-refractivity contribution is -0.112. The lowest BCUT2D eigenvalue weighted by Crippen LogP contribution is -2.35. The highest BCUT2D eigenvalue weighted by atomic mass is 35.5. The van der Waals surface area contributed by atoms with Crippen LogP contribution in [-0.2, 0) is 11.2 Å². The number of aromatic nitrogens is 1. The summed E-state index contributed by atoms with van der Waals surface area (Å²) in [5.41, 5.74) is 1.06. The number of nitrogens with zero attached hydrogens (tertiary/aromatic N) is 2. The van der Waals surface area contributed by atoms with Crippen molar-refractivity contribution in [1.82, 2.24) is 9.88 Å². The Morgan fingerprint density at radius 2 is 2.19 bits per heavy atom. The highest BCUT2D eigenvalue weighted by molar-refractivity contribution is 6.29. The molecule has 1 aliphatic rings. The molecule has 0 radical (unpaired) electrons. The van der Waals surface area contributed by atoms with E-state index >= 15 is 0 Å². The Balaban J connectivity index is 2.00. The third-order valence-corrected chi connectivity index (χ3v) is 3.22. The first kappa shape index (κ1) is 11.6. The predicted molar refractivity (Wildman–Crippen MR) is 63.6 cm³/mol. The zero-order chi connectivity index (χ0) is 11.4. The van der Waals surface area contributed by atoms with Gasteiger partial charge >= 0.3 is 0 Å². The van der Waals surface area contributed by atoms with Crippen LogP contribution in [0.1, 0.15) is 18.4 Å². The number of aldehydes is 1. The standard InChI is InChI=1S/C12H15ClN2O/c13-12-4-3-10(8-14-12)7-11(9-16)15-5-1-2-6-15/h3-4,8-9,11H,1-2,5-7H2. The summed E-state index contributed by atoms with van der Waals surface area (Å²) in [6.45, 7) is 2.06. The fraction of sp³-hybridized carbons (Fsp3) is 0.500. The number of halogens is 1. The summed E-state index contributed by atoms with van der Waals surface area (Å²) in [6.07, 6.45) is 5.91. The molecule has 1 unspecified atom stereocenters. The Kier molecular flexibility index (Phi) is 3.91. The summed E-state index contributed by atoms with van der Waals surface area (Å²) >= 11 is 5.72. The number of rotatable bonds is 4. The molecule has 0 amide bonds. The van der Waals surface area contributed by atoms with Crippen LogP contribution in [0, 0.1) is 0 Å². The number of carbonyl (C=O) groups excluding carboxylic acids is 1. The molecule has 86 valence electrons. The maximum absolute atomic E-state index is 11.1. The van der Waals surface area contributed by atoms with E-state index in [0.29, 0.717) is 5.15 Å². The quantitative estimate of drug-likeness (QED) is 0.594. The molecular weight excluding hydrogens is 224 g/mol. The van der Waals surface area contributed by atoms with Crippen LogP contribution in [-0.4, -0.2) is 35.3 Å². The number of pyridine rings is 1. The van der Waals surface area contributed by atoms with Gasteiger partial charge in [-0.2, -0.15) is 0 Å². The monoisotopic (exact) mass is 238 g/mol. The highest BCUT2D eigenvalue weighted by Gasteiger charge is 2.21. The van der Waals surface area contributed by atoms with Gasteiger partial charge in [-0.1, -0.05) is 17.7 Å². The maximum Gasteiger partial charge on any atom is 0.137 e. The third kappa shape index (κ3) is 2.80.